The van der Waals surface area contributed by atoms with E-state index in [1.165, 1.54) is 0 Å². The van der Waals surface area contributed by atoms with Crippen LogP contribution in [0.1, 0.15) is 85.0 Å². The summed E-state index contributed by atoms with van der Waals surface area (Å²) >= 11 is 0. The van der Waals surface area contributed by atoms with Crippen molar-refractivity contribution in [3.63, 3.8) is 0 Å². The number of nitrogens with one attached hydrogen (secondary N) is 1. The van der Waals surface area contributed by atoms with Gasteiger partial charge in [-0.3, -0.25) is 4.79 Å². The number of fused-ring (bicyclic) bond motifs is 5. The molecule has 5 N–H and O–H groups in total. The zero-order valence-electron chi connectivity index (χ0n) is 27.0. The van der Waals surface area contributed by atoms with E-state index in [9.17, 15) is 38.2 Å². The second kappa shape index (κ2) is 13.1. The van der Waals surface area contributed by atoms with Gasteiger partial charge < -0.3 is 34.8 Å². The molecule has 0 aromatic rings. The number of likely N-dealkylation sites (N-methyl/N-ethyl adjacent to an activating group) is 1. The van der Waals surface area contributed by atoms with Gasteiger partial charge in [-0.05, 0) is 97.7 Å². The van der Waals surface area contributed by atoms with E-state index < -0.39 is 34.2 Å². The molecule has 43 heavy (non-hydrogen) atoms. The van der Waals surface area contributed by atoms with Crippen molar-refractivity contribution >= 4 is 16.0 Å². The van der Waals surface area contributed by atoms with Crippen molar-refractivity contribution < 1.29 is 42.7 Å². The van der Waals surface area contributed by atoms with Crippen LogP contribution in [0.25, 0.3) is 0 Å². The maximum Gasteiger partial charge on any atom is 0.220 e. The van der Waals surface area contributed by atoms with Crippen LogP contribution in [0, 0.1) is 46.3 Å². The molecule has 0 radical (unpaired) electrons. The lowest BCUT2D eigenvalue weighted by molar-refractivity contribution is -0.893. The molecule has 1 amide bonds. The van der Waals surface area contributed by atoms with E-state index in [4.69, 9.17) is 0 Å². The highest BCUT2D eigenvalue weighted by Gasteiger charge is 2.65. The summed E-state index contributed by atoms with van der Waals surface area (Å²) < 4.78 is 33.0. The molecular formula is C32H58N2O8S. The van der Waals surface area contributed by atoms with Crippen molar-refractivity contribution in [2.75, 3.05) is 39.5 Å². The quantitative estimate of drug-likeness (QED) is 0.124. The number of nitrogens with zero attached hydrogens (tertiary/aromatic N) is 1. The molecule has 10 nitrogen and oxygen atoms in total. The molecule has 0 bridgehead atoms. The number of aliphatic hydroxyl groups is 4. The van der Waals surface area contributed by atoms with Gasteiger partial charge in [-0.25, -0.2) is 8.42 Å². The standard InChI is InChI=1S/C32H58N2O8S/c1-20(7-10-29(39)33-13-6-14-34(4,5)18-23(36)19-43(40,41)42)24-8-9-25-30-26(17-28(38)32(24,25)3)31(2)12-11-22(35)15-21(31)16-27(30)37/h20-28,30,35-38H,6-19H2,1-5H3,(H-,33,39,40,41,42)/t20-,21-,22-,23?,24?,25+,26-,27-,28+,30-,31+,32+/m1/s1. The highest BCUT2D eigenvalue weighted by atomic mass is 32.2. The minimum Gasteiger partial charge on any atom is -0.748 e. The lowest BCUT2D eigenvalue weighted by Gasteiger charge is -2.63. The minimum absolute atomic E-state index is 0.0141. The van der Waals surface area contributed by atoms with Crippen molar-refractivity contribution in [2.45, 2.75) is 109 Å². The monoisotopic (exact) mass is 630 g/mol. The Hall–Kier alpha value is -0.820. The van der Waals surface area contributed by atoms with Gasteiger partial charge >= 0.3 is 0 Å². The van der Waals surface area contributed by atoms with Crippen LogP contribution in [0.5, 0.6) is 0 Å². The van der Waals surface area contributed by atoms with Crippen LogP contribution in [0.2, 0.25) is 0 Å². The van der Waals surface area contributed by atoms with Crippen molar-refractivity contribution in [1.29, 1.82) is 0 Å². The third kappa shape index (κ3) is 7.60. The van der Waals surface area contributed by atoms with Crippen LogP contribution < -0.4 is 5.32 Å². The third-order valence-corrected chi connectivity index (χ3v) is 13.5. The van der Waals surface area contributed by atoms with E-state index in [2.05, 4.69) is 26.1 Å². The number of aliphatic hydroxyl groups excluding tert-OH is 4. The molecule has 4 aliphatic carbocycles. The van der Waals surface area contributed by atoms with Gasteiger partial charge in [0.1, 0.15) is 12.6 Å². The Balaban J connectivity index is 1.27. The predicted octanol–water partition coefficient (Wildman–Crippen LogP) is 1.85. The van der Waals surface area contributed by atoms with Crippen molar-refractivity contribution in [1.82, 2.24) is 5.32 Å². The molecule has 4 rings (SSSR count). The average Bonchev–Trinajstić information content (AvgIpc) is 3.24. The number of hydrogen-bond donors (Lipinski definition) is 5. The Morgan fingerprint density at radius 1 is 1.07 bits per heavy atom. The molecule has 4 fully saturated rings. The van der Waals surface area contributed by atoms with Gasteiger partial charge in [0.15, 0.2) is 0 Å². The predicted molar refractivity (Wildman–Crippen MR) is 162 cm³/mol. The van der Waals surface area contributed by atoms with E-state index in [0.717, 1.165) is 44.9 Å². The zero-order valence-corrected chi connectivity index (χ0v) is 27.8. The Morgan fingerprint density at radius 3 is 2.44 bits per heavy atom. The molecule has 0 heterocycles. The van der Waals surface area contributed by atoms with E-state index in [1.807, 2.05) is 14.1 Å². The largest absolute Gasteiger partial charge is 0.748 e. The molecule has 4 aliphatic rings. The maximum atomic E-state index is 12.7. The zero-order chi connectivity index (χ0) is 32.0. The first-order chi connectivity index (χ1) is 19.9. The molecule has 12 atom stereocenters. The first kappa shape index (κ1) is 35.0. The minimum atomic E-state index is -4.48. The summed E-state index contributed by atoms with van der Waals surface area (Å²) in [5.41, 5.74) is -0.229. The van der Waals surface area contributed by atoms with Gasteiger partial charge in [-0.1, -0.05) is 20.8 Å². The van der Waals surface area contributed by atoms with Crippen LogP contribution >= 0.6 is 0 Å². The van der Waals surface area contributed by atoms with E-state index in [1.54, 1.807) is 0 Å². The number of carbonyl (C=O) groups is 1. The van der Waals surface area contributed by atoms with Gasteiger partial charge in [0.05, 0.1) is 54.8 Å². The highest BCUT2D eigenvalue weighted by Crippen LogP contribution is 2.68. The second-order valence-electron chi connectivity index (χ2n) is 16.0. The molecular weight excluding hydrogens is 572 g/mol. The molecule has 2 unspecified atom stereocenters. The summed E-state index contributed by atoms with van der Waals surface area (Å²) in [5, 5.41) is 46.5. The van der Waals surface area contributed by atoms with E-state index in [-0.39, 0.29) is 59.0 Å². The topological polar surface area (TPSA) is 167 Å². The van der Waals surface area contributed by atoms with Crippen molar-refractivity contribution in [3.05, 3.63) is 0 Å². The van der Waals surface area contributed by atoms with Gasteiger partial charge in [0.2, 0.25) is 5.91 Å². The summed E-state index contributed by atoms with van der Waals surface area (Å²) in [6.45, 7) is 8.02. The summed E-state index contributed by atoms with van der Waals surface area (Å²) in [6.07, 6.45) is 5.44. The molecule has 0 aromatic carbocycles. The van der Waals surface area contributed by atoms with Crippen LogP contribution in [0.15, 0.2) is 0 Å². The van der Waals surface area contributed by atoms with Gasteiger partial charge in [-0.2, -0.15) is 0 Å². The summed E-state index contributed by atoms with van der Waals surface area (Å²) in [7, 11) is -0.775. The van der Waals surface area contributed by atoms with Gasteiger partial charge in [0.25, 0.3) is 0 Å². The Morgan fingerprint density at radius 2 is 1.77 bits per heavy atom. The second-order valence-corrected chi connectivity index (χ2v) is 17.4. The summed E-state index contributed by atoms with van der Waals surface area (Å²) in [5.74, 6) is 0.749. The molecule has 250 valence electrons. The molecule has 0 spiro atoms. The average molecular weight is 631 g/mol. The normalized spacial score (nSPS) is 41.1. The SMILES string of the molecule is C[C@H](CCC(=O)NCCC[N+](C)(C)CC(O)CS(=O)(=O)[O-])C1CC[C@H]2[C@H]3[C@H](O)C[C@H]4C[C@H](O)CC[C@]4(C)[C@@H]3C[C@H](O)[C@@]12C. The highest BCUT2D eigenvalue weighted by molar-refractivity contribution is 7.85. The number of quaternary nitrogens is 1. The summed E-state index contributed by atoms with van der Waals surface area (Å²) in [4.78, 5) is 12.7. The molecule has 0 aromatic heterocycles. The molecule has 11 heteroatoms. The number of rotatable bonds is 12. The Kier molecular flexibility index (Phi) is 10.7. The van der Waals surface area contributed by atoms with E-state index >= 15 is 0 Å². The fourth-order valence-electron chi connectivity index (χ4n) is 10.5. The van der Waals surface area contributed by atoms with Crippen LogP contribution in [-0.4, -0.2) is 108 Å². The first-order valence-corrected chi connectivity index (χ1v) is 18.2. The molecule has 0 saturated heterocycles. The Bertz CT molecular complexity index is 1090. The first-order valence-electron chi connectivity index (χ1n) is 16.6. The number of hydrogen-bond acceptors (Lipinski definition) is 8. The summed E-state index contributed by atoms with van der Waals surface area (Å²) in [6, 6.07) is 0. The van der Waals surface area contributed by atoms with Crippen LogP contribution in [0.3, 0.4) is 0 Å². The molecule has 0 aliphatic heterocycles. The fourth-order valence-corrected chi connectivity index (χ4v) is 11.0. The fraction of sp³-hybridized carbons (Fsp3) is 0.969. The third-order valence-electron chi connectivity index (χ3n) is 12.7. The Labute approximate surface area is 259 Å². The van der Waals surface area contributed by atoms with Crippen molar-refractivity contribution in [3.8, 4) is 0 Å². The lowest BCUT2D eigenvalue weighted by Crippen LogP contribution is -2.62. The van der Waals surface area contributed by atoms with Crippen molar-refractivity contribution in [2.24, 2.45) is 46.3 Å². The van der Waals surface area contributed by atoms with E-state index in [0.29, 0.717) is 42.8 Å². The maximum absolute atomic E-state index is 12.7. The number of carbonyl (C=O) groups excluding carboxylic acids is 1. The van der Waals surface area contributed by atoms with Crippen LogP contribution in [0.4, 0.5) is 0 Å². The van der Waals surface area contributed by atoms with Crippen LogP contribution in [-0.2, 0) is 14.9 Å². The smallest absolute Gasteiger partial charge is 0.220 e. The number of amides is 1. The van der Waals surface area contributed by atoms with Gasteiger partial charge in [0, 0.05) is 19.4 Å². The lowest BCUT2D eigenvalue weighted by atomic mass is 9.43. The molecule has 4 saturated carbocycles. The van der Waals surface area contributed by atoms with Gasteiger partial charge in [-0.15, -0.1) is 0 Å².